The van der Waals surface area contributed by atoms with Gasteiger partial charge < -0.3 is 15.0 Å². The zero-order valence-corrected chi connectivity index (χ0v) is 27.3. The summed E-state index contributed by atoms with van der Waals surface area (Å²) in [7, 11) is 0. The van der Waals surface area contributed by atoms with Crippen LogP contribution < -0.4 is 5.32 Å². The number of esters is 1. The number of carbonyl (C=O) groups excluding carboxylic acids is 3. The Morgan fingerprint density at radius 1 is 0.848 bits per heavy atom. The van der Waals surface area contributed by atoms with Gasteiger partial charge in [-0.15, -0.1) is 0 Å². The third-order valence-electron chi connectivity index (χ3n) is 8.25. The van der Waals surface area contributed by atoms with Gasteiger partial charge in [-0.25, -0.2) is 4.98 Å². The number of aromatic nitrogens is 1. The van der Waals surface area contributed by atoms with Crippen molar-refractivity contribution in [3.8, 4) is 11.3 Å². The second kappa shape index (κ2) is 14.7. The number of benzene rings is 3. The number of para-hydroxylation sites is 1. The fourth-order valence-electron chi connectivity index (χ4n) is 5.98. The van der Waals surface area contributed by atoms with E-state index in [0.717, 1.165) is 39.7 Å². The van der Waals surface area contributed by atoms with Crippen molar-refractivity contribution in [2.45, 2.75) is 65.1 Å². The molecule has 46 heavy (non-hydrogen) atoms. The van der Waals surface area contributed by atoms with Gasteiger partial charge in [-0.3, -0.25) is 19.3 Å². The molecule has 1 fully saturated rings. The minimum atomic E-state index is -0.573. The molecule has 8 heteroatoms. The normalized spacial score (nSPS) is 14.6. The number of nitrogens with zero attached hydrogens (tertiary/aromatic N) is 3. The summed E-state index contributed by atoms with van der Waals surface area (Å²) in [5, 5.41) is 4.14. The Hall–Kier alpha value is -4.56. The molecule has 1 N–H and O–H groups in total. The van der Waals surface area contributed by atoms with Crippen LogP contribution in [0, 0.1) is 0 Å². The molecule has 1 atom stereocenters. The van der Waals surface area contributed by atoms with Crippen LogP contribution in [0.15, 0.2) is 84.9 Å². The fourth-order valence-corrected chi connectivity index (χ4v) is 5.98. The van der Waals surface area contributed by atoms with E-state index in [0.29, 0.717) is 38.3 Å². The molecule has 1 aliphatic heterocycles. The molecule has 240 valence electrons. The number of pyridine rings is 1. The summed E-state index contributed by atoms with van der Waals surface area (Å²) in [6.07, 6.45) is 0.954. The Morgan fingerprint density at radius 3 is 2.13 bits per heavy atom. The lowest BCUT2D eigenvalue weighted by molar-refractivity contribution is -0.156. The second-order valence-corrected chi connectivity index (χ2v) is 12.8. The Bertz CT molecular complexity index is 1660. The Kier molecular flexibility index (Phi) is 10.5. The Labute approximate surface area is 271 Å². The highest BCUT2D eigenvalue weighted by Crippen LogP contribution is 2.32. The van der Waals surface area contributed by atoms with Gasteiger partial charge in [0.25, 0.3) is 5.91 Å². The summed E-state index contributed by atoms with van der Waals surface area (Å²) in [6.45, 7) is 10.4. The van der Waals surface area contributed by atoms with Crippen LogP contribution in [0.25, 0.3) is 22.2 Å². The third-order valence-corrected chi connectivity index (χ3v) is 8.25. The van der Waals surface area contributed by atoms with Crippen molar-refractivity contribution in [2.24, 2.45) is 0 Å². The largest absolute Gasteiger partial charge is 0.460 e. The van der Waals surface area contributed by atoms with Crippen molar-refractivity contribution in [3.63, 3.8) is 0 Å². The molecule has 1 saturated heterocycles. The lowest BCUT2D eigenvalue weighted by Crippen LogP contribution is -2.48. The number of hydrogen-bond donors (Lipinski definition) is 1. The van der Waals surface area contributed by atoms with E-state index >= 15 is 0 Å². The highest BCUT2D eigenvalue weighted by Gasteiger charge is 2.28. The molecule has 2 heterocycles. The smallest absolute Gasteiger partial charge is 0.306 e. The average Bonchev–Trinajstić information content (AvgIpc) is 3.06. The Morgan fingerprint density at radius 2 is 1.48 bits per heavy atom. The number of nitrogens with one attached hydrogen (secondary N) is 1. The van der Waals surface area contributed by atoms with Gasteiger partial charge in [0.05, 0.1) is 29.2 Å². The third kappa shape index (κ3) is 8.17. The lowest BCUT2D eigenvalue weighted by Gasteiger charge is -2.35. The summed E-state index contributed by atoms with van der Waals surface area (Å²) < 4.78 is 5.37. The zero-order valence-electron chi connectivity index (χ0n) is 27.3. The van der Waals surface area contributed by atoms with E-state index < -0.39 is 5.60 Å². The maximum atomic E-state index is 14.4. The lowest BCUT2D eigenvalue weighted by atomic mass is 9.94. The summed E-state index contributed by atoms with van der Waals surface area (Å²) in [4.78, 5) is 48.7. The monoisotopic (exact) mass is 620 g/mol. The van der Waals surface area contributed by atoms with Gasteiger partial charge >= 0.3 is 5.97 Å². The molecule has 0 unspecified atom stereocenters. The van der Waals surface area contributed by atoms with E-state index in [1.807, 2.05) is 111 Å². The highest BCUT2D eigenvalue weighted by atomic mass is 16.6. The van der Waals surface area contributed by atoms with Gasteiger partial charge in [0.15, 0.2) is 0 Å². The number of hydrogen-bond acceptors (Lipinski definition) is 6. The predicted molar refractivity (Wildman–Crippen MR) is 181 cm³/mol. The van der Waals surface area contributed by atoms with E-state index in [1.165, 1.54) is 0 Å². The van der Waals surface area contributed by atoms with Gasteiger partial charge in [-0.2, -0.15) is 0 Å². The molecule has 0 spiro atoms. The number of ether oxygens (including phenoxy) is 1. The van der Waals surface area contributed by atoms with Crippen molar-refractivity contribution >= 4 is 28.7 Å². The van der Waals surface area contributed by atoms with E-state index in [9.17, 15) is 14.4 Å². The number of fused-ring (bicyclic) bond motifs is 1. The molecule has 0 bridgehead atoms. The SMILES string of the molecule is CC[C@H](NC(=O)c1c(CN2CCN(C(=O)CCC(=O)OC(C)(C)C)CC2)c(-c2ccccc2)nc2ccccc12)c1ccccc1. The van der Waals surface area contributed by atoms with Crippen molar-refractivity contribution in [1.29, 1.82) is 0 Å². The number of rotatable bonds is 10. The zero-order chi connectivity index (χ0) is 32.7. The van der Waals surface area contributed by atoms with Crippen LogP contribution in [0.5, 0.6) is 0 Å². The summed E-state index contributed by atoms with van der Waals surface area (Å²) in [5.74, 6) is -0.535. The quantitative estimate of drug-likeness (QED) is 0.202. The predicted octanol–water partition coefficient (Wildman–Crippen LogP) is 6.55. The van der Waals surface area contributed by atoms with E-state index in [1.54, 1.807) is 0 Å². The fraction of sp³-hybridized carbons (Fsp3) is 0.368. The van der Waals surface area contributed by atoms with Gasteiger partial charge in [0.1, 0.15) is 5.60 Å². The molecule has 4 aromatic rings. The second-order valence-electron chi connectivity index (χ2n) is 12.8. The first-order valence-corrected chi connectivity index (χ1v) is 16.2. The maximum absolute atomic E-state index is 14.4. The minimum absolute atomic E-state index is 0.0468. The molecule has 2 amide bonds. The van der Waals surface area contributed by atoms with Gasteiger partial charge in [-0.05, 0) is 38.8 Å². The van der Waals surface area contributed by atoms with Crippen LogP contribution in [-0.4, -0.2) is 64.3 Å². The van der Waals surface area contributed by atoms with Crippen molar-refractivity contribution in [3.05, 3.63) is 102 Å². The van der Waals surface area contributed by atoms with Gasteiger partial charge in [0, 0.05) is 55.7 Å². The van der Waals surface area contributed by atoms with Gasteiger partial charge in [-0.1, -0.05) is 85.8 Å². The minimum Gasteiger partial charge on any atom is -0.460 e. The number of piperazine rings is 1. The summed E-state index contributed by atoms with van der Waals surface area (Å²) in [6, 6.07) is 27.8. The standard InChI is InChI=1S/C38H44N4O4/c1-5-31(27-14-8-6-9-15-27)40-37(45)35-29-18-12-13-19-32(29)39-36(28-16-10-7-11-17-28)30(35)26-41-22-24-42(25-23-41)33(43)20-21-34(44)46-38(2,3)4/h6-19,31H,5,20-26H2,1-4H3,(H,40,45)/t31-/m0/s1. The van der Waals surface area contributed by atoms with Gasteiger partial charge in [0.2, 0.25) is 5.91 Å². The van der Waals surface area contributed by atoms with Crippen LogP contribution >= 0.6 is 0 Å². The van der Waals surface area contributed by atoms with E-state index in [-0.39, 0.29) is 36.7 Å². The first-order valence-electron chi connectivity index (χ1n) is 16.2. The molecule has 0 aliphatic carbocycles. The topological polar surface area (TPSA) is 91.8 Å². The van der Waals surface area contributed by atoms with Crippen molar-refractivity contribution in [1.82, 2.24) is 20.1 Å². The average molecular weight is 621 g/mol. The maximum Gasteiger partial charge on any atom is 0.306 e. The van der Waals surface area contributed by atoms with E-state index in [4.69, 9.17) is 9.72 Å². The number of carbonyl (C=O) groups is 3. The molecular formula is C38H44N4O4. The van der Waals surface area contributed by atoms with Crippen LogP contribution in [-0.2, 0) is 20.9 Å². The molecule has 8 nitrogen and oxygen atoms in total. The molecule has 1 aromatic heterocycles. The van der Waals surface area contributed by atoms with E-state index in [2.05, 4.69) is 17.1 Å². The first kappa shape index (κ1) is 32.8. The molecule has 1 aliphatic rings. The molecular weight excluding hydrogens is 576 g/mol. The molecule has 5 rings (SSSR count). The summed E-state index contributed by atoms with van der Waals surface area (Å²) in [5.41, 5.74) is 4.50. The van der Waals surface area contributed by atoms with Crippen LogP contribution in [0.2, 0.25) is 0 Å². The number of amides is 2. The van der Waals surface area contributed by atoms with Crippen LogP contribution in [0.4, 0.5) is 0 Å². The van der Waals surface area contributed by atoms with Crippen LogP contribution in [0.1, 0.15) is 74.5 Å². The molecule has 0 radical (unpaired) electrons. The van der Waals surface area contributed by atoms with Crippen LogP contribution in [0.3, 0.4) is 0 Å². The highest BCUT2D eigenvalue weighted by molar-refractivity contribution is 6.09. The molecule has 3 aromatic carbocycles. The van der Waals surface area contributed by atoms with Crippen molar-refractivity contribution in [2.75, 3.05) is 26.2 Å². The van der Waals surface area contributed by atoms with Crippen molar-refractivity contribution < 1.29 is 19.1 Å². The molecule has 0 saturated carbocycles. The Balaban J connectivity index is 1.41. The summed E-state index contributed by atoms with van der Waals surface area (Å²) >= 11 is 0. The first-order chi connectivity index (χ1) is 22.1.